The first kappa shape index (κ1) is 17.3. The van der Waals surface area contributed by atoms with Crippen LogP contribution in [0.25, 0.3) is 0 Å². The molecule has 23 heavy (non-hydrogen) atoms. The summed E-state index contributed by atoms with van der Waals surface area (Å²) in [6.07, 6.45) is 0. The van der Waals surface area contributed by atoms with Gasteiger partial charge in [0.05, 0.1) is 13.7 Å². The highest BCUT2D eigenvalue weighted by Crippen LogP contribution is 2.17. The maximum atomic E-state index is 12.4. The Kier molecular flexibility index (Phi) is 6.90. The Labute approximate surface area is 140 Å². The van der Waals surface area contributed by atoms with Crippen LogP contribution in [-0.2, 0) is 16.1 Å². The van der Waals surface area contributed by atoms with Crippen LogP contribution in [0, 0.1) is 0 Å². The van der Waals surface area contributed by atoms with Crippen LogP contribution in [0.4, 0.5) is 0 Å². The van der Waals surface area contributed by atoms with E-state index in [2.05, 4.69) is 0 Å². The van der Waals surface area contributed by atoms with Gasteiger partial charge in [-0.3, -0.25) is 4.79 Å². The smallest absolute Gasteiger partial charge is 0.260 e. The molecular formula is C17H21NO4S. The lowest BCUT2D eigenvalue weighted by molar-refractivity contribution is -0.134. The number of hydrogen-bond donors (Lipinski definition) is 0. The number of amides is 1. The highest BCUT2D eigenvalue weighted by Gasteiger charge is 2.15. The number of hydrogen-bond acceptors (Lipinski definition) is 5. The van der Waals surface area contributed by atoms with E-state index in [4.69, 9.17) is 14.2 Å². The Morgan fingerprint density at radius 1 is 1.13 bits per heavy atom. The maximum Gasteiger partial charge on any atom is 0.260 e. The maximum absolute atomic E-state index is 12.4. The Balaban J connectivity index is 1.90. The van der Waals surface area contributed by atoms with E-state index < -0.39 is 0 Å². The van der Waals surface area contributed by atoms with E-state index in [1.165, 1.54) is 0 Å². The van der Waals surface area contributed by atoms with Gasteiger partial charge in [0.2, 0.25) is 0 Å². The number of ether oxygens (including phenoxy) is 3. The lowest BCUT2D eigenvalue weighted by atomic mass is 10.3. The molecule has 0 bridgehead atoms. The highest BCUT2D eigenvalue weighted by molar-refractivity contribution is 7.07. The first-order valence-electron chi connectivity index (χ1n) is 7.27. The van der Waals surface area contributed by atoms with Gasteiger partial charge in [-0.1, -0.05) is 0 Å². The molecule has 124 valence electrons. The van der Waals surface area contributed by atoms with Gasteiger partial charge < -0.3 is 19.1 Å². The number of methoxy groups -OCH3 is 2. The SMILES string of the molecule is COCCN(Cc1ccsc1)C(=O)COc1ccc(OC)cc1. The van der Waals surface area contributed by atoms with Crippen molar-refractivity contribution in [2.24, 2.45) is 0 Å². The number of carbonyl (C=O) groups excluding carboxylic acids is 1. The standard InChI is InChI=1S/C17H21NO4S/c1-20-9-8-18(11-14-7-10-23-13-14)17(19)12-22-16-5-3-15(21-2)4-6-16/h3-7,10,13H,8-9,11-12H2,1-2H3. The van der Waals surface area contributed by atoms with E-state index in [0.29, 0.717) is 25.4 Å². The molecular weight excluding hydrogens is 314 g/mol. The zero-order chi connectivity index (χ0) is 16.5. The number of benzene rings is 1. The summed E-state index contributed by atoms with van der Waals surface area (Å²) in [7, 11) is 3.23. The van der Waals surface area contributed by atoms with Crippen molar-refractivity contribution < 1.29 is 19.0 Å². The average molecular weight is 335 g/mol. The molecule has 1 aromatic heterocycles. The molecule has 6 heteroatoms. The van der Waals surface area contributed by atoms with Crippen molar-refractivity contribution >= 4 is 17.2 Å². The lowest BCUT2D eigenvalue weighted by Gasteiger charge is -2.22. The van der Waals surface area contributed by atoms with Crippen LogP contribution in [0.2, 0.25) is 0 Å². The van der Waals surface area contributed by atoms with Crippen LogP contribution in [0.15, 0.2) is 41.1 Å². The fourth-order valence-electron chi connectivity index (χ4n) is 2.00. The Bertz CT molecular complexity index is 583. The molecule has 0 N–H and O–H groups in total. The van der Waals surface area contributed by atoms with Crippen molar-refractivity contribution in [3.8, 4) is 11.5 Å². The second-order valence-electron chi connectivity index (χ2n) is 4.90. The second-order valence-corrected chi connectivity index (χ2v) is 5.68. The van der Waals surface area contributed by atoms with Gasteiger partial charge in [0.25, 0.3) is 5.91 Å². The molecule has 1 aromatic carbocycles. The molecule has 0 spiro atoms. The molecule has 0 atom stereocenters. The predicted molar refractivity (Wildman–Crippen MR) is 90.1 cm³/mol. The van der Waals surface area contributed by atoms with Gasteiger partial charge in [0.1, 0.15) is 11.5 Å². The Hall–Kier alpha value is -2.05. The second kappa shape index (κ2) is 9.17. The summed E-state index contributed by atoms with van der Waals surface area (Å²) in [5, 5.41) is 4.04. The molecule has 0 aliphatic heterocycles. The molecule has 0 aliphatic rings. The molecule has 1 heterocycles. The Morgan fingerprint density at radius 3 is 2.48 bits per heavy atom. The molecule has 0 unspecified atom stereocenters. The predicted octanol–water partition coefficient (Wildman–Crippen LogP) is 2.81. The largest absolute Gasteiger partial charge is 0.497 e. The molecule has 0 fully saturated rings. The zero-order valence-corrected chi connectivity index (χ0v) is 14.2. The van der Waals surface area contributed by atoms with E-state index >= 15 is 0 Å². The number of thiophene rings is 1. The summed E-state index contributed by atoms with van der Waals surface area (Å²) >= 11 is 1.62. The third-order valence-electron chi connectivity index (χ3n) is 3.29. The van der Waals surface area contributed by atoms with Gasteiger partial charge in [-0.05, 0) is 46.7 Å². The molecule has 0 radical (unpaired) electrons. The van der Waals surface area contributed by atoms with Crippen LogP contribution < -0.4 is 9.47 Å². The van der Waals surface area contributed by atoms with Crippen LogP contribution in [0.5, 0.6) is 11.5 Å². The van der Waals surface area contributed by atoms with E-state index in [1.807, 2.05) is 16.8 Å². The fraction of sp³-hybridized carbons (Fsp3) is 0.353. The molecule has 2 rings (SSSR count). The molecule has 5 nitrogen and oxygen atoms in total. The van der Waals surface area contributed by atoms with Crippen molar-refractivity contribution in [1.82, 2.24) is 4.90 Å². The van der Waals surface area contributed by atoms with Crippen molar-refractivity contribution in [1.29, 1.82) is 0 Å². The topological polar surface area (TPSA) is 48.0 Å². The molecule has 1 amide bonds. The lowest BCUT2D eigenvalue weighted by Crippen LogP contribution is -2.36. The van der Waals surface area contributed by atoms with Gasteiger partial charge in [0, 0.05) is 20.2 Å². The van der Waals surface area contributed by atoms with Gasteiger partial charge >= 0.3 is 0 Å². The summed E-state index contributed by atoms with van der Waals surface area (Å²) in [6, 6.07) is 9.18. The highest BCUT2D eigenvalue weighted by atomic mass is 32.1. The summed E-state index contributed by atoms with van der Waals surface area (Å²) in [6.45, 7) is 1.60. The van der Waals surface area contributed by atoms with Crippen molar-refractivity contribution in [2.45, 2.75) is 6.54 Å². The fourth-order valence-corrected chi connectivity index (χ4v) is 2.66. The molecule has 0 saturated carbocycles. The number of rotatable bonds is 9. The van der Waals surface area contributed by atoms with Gasteiger partial charge in [-0.15, -0.1) is 0 Å². The van der Waals surface area contributed by atoms with E-state index in [1.54, 1.807) is 54.7 Å². The molecule has 0 aliphatic carbocycles. The number of carbonyl (C=O) groups is 1. The minimum absolute atomic E-state index is 0.000179. The summed E-state index contributed by atoms with van der Waals surface area (Å²) in [5.74, 6) is 1.33. The normalized spacial score (nSPS) is 10.3. The van der Waals surface area contributed by atoms with E-state index in [0.717, 1.165) is 11.3 Å². The van der Waals surface area contributed by atoms with Crippen molar-refractivity contribution in [3.63, 3.8) is 0 Å². The summed E-state index contributed by atoms with van der Waals surface area (Å²) < 4.78 is 15.7. The third kappa shape index (κ3) is 5.58. The van der Waals surface area contributed by atoms with Gasteiger partial charge in [-0.25, -0.2) is 0 Å². The molecule has 2 aromatic rings. The zero-order valence-electron chi connectivity index (χ0n) is 13.4. The van der Waals surface area contributed by atoms with E-state index in [9.17, 15) is 4.79 Å². The minimum atomic E-state index is -0.0657. The van der Waals surface area contributed by atoms with Gasteiger partial charge in [-0.2, -0.15) is 11.3 Å². The summed E-state index contributed by atoms with van der Waals surface area (Å²) in [4.78, 5) is 14.1. The Morgan fingerprint density at radius 2 is 1.87 bits per heavy atom. The van der Waals surface area contributed by atoms with E-state index in [-0.39, 0.29) is 12.5 Å². The van der Waals surface area contributed by atoms with Crippen LogP contribution in [-0.4, -0.2) is 44.8 Å². The minimum Gasteiger partial charge on any atom is -0.497 e. The first-order valence-corrected chi connectivity index (χ1v) is 8.22. The molecule has 0 saturated heterocycles. The van der Waals surface area contributed by atoms with Crippen LogP contribution >= 0.6 is 11.3 Å². The summed E-state index contributed by atoms with van der Waals surface area (Å²) in [5.41, 5.74) is 1.11. The first-order chi connectivity index (χ1) is 11.2. The van der Waals surface area contributed by atoms with Crippen LogP contribution in [0.1, 0.15) is 5.56 Å². The quantitative estimate of drug-likeness (QED) is 0.707. The van der Waals surface area contributed by atoms with Crippen molar-refractivity contribution in [2.75, 3.05) is 34.0 Å². The van der Waals surface area contributed by atoms with Crippen LogP contribution in [0.3, 0.4) is 0 Å². The number of nitrogens with zero attached hydrogens (tertiary/aromatic N) is 1. The monoisotopic (exact) mass is 335 g/mol. The average Bonchev–Trinajstić information content (AvgIpc) is 3.10. The van der Waals surface area contributed by atoms with Gasteiger partial charge in [0.15, 0.2) is 6.61 Å². The van der Waals surface area contributed by atoms with Crippen molar-refractivity contribution in [3.05, 3.63) is 46.7 Å². The third-order valence-corrected chi connectivity index (χ3v) is 4.03.